The van der Waals surface area contributed by atoms with Crippen LogP contribution in [0.5, 0.6) is 0 Å². The fourth-order valence-electron chi connectivity index (χ4n) is 2.03. The first-order chi connectivity index (χ1) is 9.88. The lowest BCUT2D eigenvalue weighted by Gasteiger charge is -2.21. The van der Waals surface area contributed by atoms with Gasteiger partial charge in [0.05, 0.1) is 0 Å². The Morgan fingerprint density at radius 2 is 1.95 bits per heavy atom. The van der Waals surface area contributed by atoms with E-state index < -0.39 is 15.8 Å². The molecule has 0 aliphatic rings. The highest BCUT2D eigenvalue weighted by Gasteiger charge is 2.27. The lowest BCUT2D eigenvalue weighted by molar-refractivity contribution is 0.422. The third-order valence-electron chi connectivity index (χ3n) is 3.09. The molecule has 120 valence electrons. The summed E-state index contributed by atoms with van der Waals surface area (Å²) >= 11 is 5.95. The van der Waals surface area contributed by atoms with E-state index >= 15 is 0 Å². The van der Waals surface area contributed by atoms with E-state index in [-0.39, 0.29) is 22.0 Å². The predicted octanol–water partition coefficient (Wildman–Crippen LogP) is 3.01. The Kier molecular flexibility index (Phi) is 7.06. The zero-order valence-electron chi connectivity index (χ0n) is 12.6. The number of benzene rings is 1. The van der Waals surface area contributed by atoms with Crippen LogP contribution in [0.3, 0.4) is 0 Å². The number of hydrogen-bond acceptors (Lipinski definition) is 3. The van der Waals surface area contributed by atoms with E-state index in [2.05, 4.69) is 5.32 Å². The van der Waals surface area contributed by atoms with E-state index in [1.54, 1.807) is 6.92 Å². The third kappa shape index (κ3) is 4.39. The smallest absolute Gasteiger partial charge is 0.246 e. The topological polar surface area (TPSA) is 49.4 Å². The quantitative estimate of drug-likeness (QED) is 0.794. The van der Waals surface area contributed by atoms with Crippen molar-refractivity contribution in [2.24, 2.45) is 0 Å². The molecule has 0 amide bonds. The molecular formula is C14H22ClFN2O2S. The van der Waals surface area contributed by atoms with Crippen LogP contribution in [-0.2, 0) is 16.6 Å². The third-order valence-corrected chi connectivity index (χ3v) is 5.28. The largest absolute Gasteiger partial charge is 0.313 e. The second-order valence-electron chi connectivity index (χ2n) is 4.65. The maximum Gasteiger partial charge on any atom is 0.246 e. The van der Waals surface area contributed by atoms with Crippen molar-refractivity contribution in [2.45, 2.75) is 38.6 Å². The summed E-state index contributed by atoms with van der Waals surface area (Å²) in [5, 5.41) is 3.19. The minimum Gasteiger partial charge on any atom is -0.313 e. The Balaban J connectivity index is 3.31. The molecule has 0 heterocycles. The minimum absolute atomic E-state index is 0.218. The first-order valence-electron chi connectivity index (χ1n) is 7.07. The van der Waals surface area contributed by atoms with Crippen LogP contribution in [0.4, 0.5) is 4.39 Å². The van der Waals surface area contributed by atoms with Gasteiger partial charge in [0.15, 0.2) is 0 Å². The van der Waals surface area contributed by atoms with Gasteiger partial charge >= 0.3 is 0 Å². The molecule has 7 heteroatoms. The zero-order valence-corrected chi connectivity index (χ0v) is 14.2. The maximum atomic E-state index is 14.5. The SMILES string of the molecule is CCCN(CC)S(=O)(=O)c1cc(Cl)cc(CNCC)c1F. The summed E-state index contributed by atoms with van der Waals surface area (Å²) in [6, 6.07) is 2.63. The molecule has 0 saturated carbocycles. The number of halogens is 2. The van der Waals surface area contributed by atoms with Crippen LogP contribution in [-0.4, -0.2) is 32.4 Å². The molecule has 0 aromatic heterocycles. The molecule has 1 aromatic rings. The average Bonchev–Trinajstić information content (AvgIpc) is 2.44. The molecule has 1 rings (SSSR count). The van der Waals surface area contributed by atoms with Crippen molar-refractivity contribution in [2.75, 3.05) is 19.6 Å². The Hall–Kier alpha value is -0.690. The molecule has 0 saturated heterocycles. The molecule has 0 aliphatic carbocycles. The van der Waals surface area contributed by atoms with Gasteiger partial charge in [-0.3, -0.25) is 0 Å². The fourth-order valence-corrected chi connectivity index (χ4v) is 4.01. The molecule has 0 atom stereocenters. The fraction of sp³-hybridized carbons (Fsp3) is 0.571. The highest BCUT2D eigenvalue weighted by Crippen LogP contribution is 2.26. The standard InChI is InChI=1S/C14H22ClFN2O2S/c1-4-7-18(6-3)21(19,20)13-9-12(15)8-11(14(13)16)10-17-5-2/h8-9,17H,4-7,10H2,1-3H3. The molecule has 21 heavy (non-hydrogen) atoms. The molecule has 0 spiro atoms. The summed E-state index contributed by atoms with van der Waals surface area (Å²) in [4.78, 5) is -0.349. The van der Waals surface area contributed by atoms with Crippen LogP contribution in [0.1, 0.15) is 32.8 Å². The monoisotopic (exact) mass is 336 g/mol. The average molecular weight is 337 g/mol. The number of nitrogens with zero attached hydrogens (tertiary/aromatic N) is 1. The van der Waals surface area contributed by atoms with E-state index in [0.29, 0.717) is 26.1 Å². The van der Waals surface area contributed by atoms with E-state index in [9.17, 15) is 12.8 Å². The zero-order chi connectivity index (χ0) is 16.0. The van der Waals surface area contributed by atoms with Crippen molar-refractivity contribution in [1.82, 2.24) is 9.62 Å². The van der Waals surface area contributed by atoms with Gasteiger partial charge in [0.1, 0.15) is 10.7 Å². The van der Waals surface area contributed by atoms with Crippen molar-refractivity contribution < 1.29 is 12.8 Å². The van der Waals surface area contributed by atoms with E-state index in [0.717, 1.165) is 0 Å². The highest BCUT2D eigenvalue weighted by atomic mass is 35.5. The number of rotatable bonds is 8. The normalized spacial score (nSPS) is 12.1. The van der Waals surface area contributed by atoms with Crippen LogP contribution >= 0.6 is 11.6 Å². The Labute approximate surface area is 131 Å². The summed E-state index contributed by atoms with van der Waals surface area (Å²) in [6.45, 7) is 7.05. The molecule has 0 aliphatic heterocycles. The van der Waals surface area contributed by atoms with Gasteiger partial charge in [-0.05, 0) is 25.1 Å². The summed E-state index contributed by atoms with van der Waals surface area (Å²) < 4.78 is 40.9. The summed E-state index contributed by atoms with van der Waals surface area (Å²) in [5.74, 6) is -0.727. The van der Waals surface area contributed by atoms with Gasteiger partial charge in [-0.15, -0.1) is 0 Å². The van der Waals surface area contributed by atoms with Gasteiger partial charge in [0, 0.05) is 30.2 Å². The van der Waals surface area contributed by atoms with Crippen molar-refractivity contribution in [3.63, 3.8) is 0 Å². The molecular weight excluding hydrogens is 315 g/mol. The Morgan fingerprint density at radius 3 is 2.48 bits per heavy atom. The van der Waals surface area contributed by atoms with Crippen molar-refractivity contribution in [3.05, 3.63) is 28.5 Å². The lowest BCUT2D eigenvalue weighted by atomic mass is 10.2. The second-order valence-corrected chi connectivity index (χ2v) is 7.00. The summed E-state index contributed by atoms with van der Waals surface area (Å²) in [5.41, 5.74) is 0.260. The van der Waals surface area contributed by atoms with E-state index in [1.165, 1.54) is 16.4 Å². The Morgan fingerprint density at radius 1 is 1.29 bits per heavy atom. The van der Waals surface area contributed by atoms with Crippen LogP contribution < -0.4 is 5.32 Å². The molecule has 0 radical (unpaired) electrons. The Bertz CT molecular complexity index is 579. The molecule has 1 N–H and O–H groups in total. The van der Waals surface area contributed by atoms with Crippen LogP contribution in [0.25, 0.3) is 0 Å². The summed E-state index contributed by atoms with van der Waals surface area (Å²) in [6.07, 6.45) is 0.666. The maximum absolute atomic E-state index is 14.5. The van der Waals surface area contributed by atoms with Crippen LogP contribution in [0.15, 0.2) is 17.0 Å². The molecule has 1 aromatic carbocycles. The van der Waals surface area contributed by atoms with E-state index in [4.69, 9.17) is 11.6 Å². The number of sulfonamides is 1. The van der Waals surface area contributed by atoms with Crippen LogP contribution in [0.2, 0.25) is 5.02 Å². The molecule has 0 unspecified atom stereocenters. The number of nitrogens with one attached hydrogen (secondary N) is 1. The highest BCUT2D eigenvalue weighted by molar-refractivity contribution is 7.89. The van der Waals surface area contributed by atoms with E-state index in [1.807, 2.05) is 13.8 Å². The second kappa shape index (κ2) is 8.08. The van der Waals surface area contributed by atoms with Gasteiger partial charge in [-0.1, -0.05) is 32.4 Å². The van der Waals surface area contributed by atoms with Crippen LogP contribution in [0, 0.1) is 5.82 Å². The van der Waals surface area contributed by atoms with Crippen molar-refractivity contribution in [1.29, 1.82) is 0 Å². The van der Waals surface area contributed by atoms with Gasteiger partial charge in [0.25, 0.3) is 0 Å². The lowest BCUT2D eigenvalue weighted by Crippen LogP contribution is -2.32. The first kappa shape index (κ1) is 18.4. The first-order valence-corrected chi connectivity index (χ1v) is 8.89. The molecule has 4 nitrogen and oxygen atoms in total. The minimum atomic E-state index is -3.87. The van der Waals surface area contributed by atoms with Gasteiger partial charge in [-0.2, -0.15) is 4.31 Å². The summed E-state index contributed by atoms with van der Waals surface area (Å²) in [7, 11) is -3.87. The van der Waals surface area contributed by atoms with Gasteiger partial charge < -0.3 is 5.32 Å². The predicted molar refractivity (Wildman–Crippen MR) is 83.5 cm³/mol. The van der Waals surface area contributed by atoms with Crippen molar-refractivity contribution >= 4 is 21.6 Å². The molecule has 0 fully saturated rings. The van der Waals surface area contributed by atoms with Crippen molar-refractivity contribution in [3.8, 4) is 0 Å². The number of hydrogen-bond donors (Lipinski definition) is 1. The van der Waals surface area contributed by atoms with Gasteiger partial charge in [0.2, 0.25) is 10.0 Å². The van der Waals surface area contributed by atoms with Gasteiger partial charge in [-0.25, -0.2) is 12.8 Å². The molecule has 0 bridgehead atoms.